The van der Waals surface area contributed by atoms with Crippen molar-refractivity contribution in [3.8, 4) is 71.5 Å². The van der Waals surface area contributed by atoms with E-state index in [1.807, 2.05) is 19.8 Å². The van der Waals surface area contributed by atoms with Gasteiger partial charge in [-0.3, -0.25) is 0 Å². The van der Waals surface area contributed by atoms with Gasteiger partial charge in [-0.15, -0.1) is 18.3 Å². The number of terminal acetylenes is 1. The second kappa shape index (κ2) is 33.4. The topological polar surface area (TPSA) is 40.5 Å². The molecule has 0 aliphatic carbocycles. The third kappa shape index (κ3) is 44.9. The number of alkyl halides is 1. The Kier molecular flexibility index (Phi) is 36.9. The molecule has 0 radical (unpaired) electrons. The molecule has 0 aliphatic rings. The van der Waals surface area contributed by atoms with Crippen LogP contribution in [0, 0.1) is 71.5 Å². The smallest absolute Gasteiger partial charge is 0.104 e. The molecule has 0 heterocycles. The van der Waals surface area contributed by atoms with E-state index in [0.29, 0.717) is 19.3 Å². The first-order valence-electron chi connectivity index (χ1n) is 7.74. The molecule has 2 N–H and O–H groups in total. The molecule has 25 heavy (non-hydrogen) atoms. The van der Waals surface area contributed by atoms with E-state index in [9.17, 15) is 0 Å². The van der Waals surface area contributed by atoms with Crippen LogP contribution in [0.1, 0.15) is 46.0 Å². The second-order valence-corrected chi connectivity index (χ2v) is 4.22. The van der Waals surface area contributed by atoms with Crippen molar-refractivity contribution < 1.29 is 10.2 Å². The molecule has 132 valence electrons. The molecule has 2 nitrogen and oxygen atoms in total. The Balaban J connectivity index is -0.000000328. The van der Waals surface area contributed by atoms with Gasteiger partial charge in [-0.25, -0.2) is 0 Å². The maximum absolute atomic E-state index is 8.29. The molecule has 0 rings (SSSR count). The highest BCUT2D eigenvalue weighted by atomic mass is 79.9. The Morgan fingerprint density at radius 1 is 0.640 bits per heavy atom. The number of aliphatic hydroxyl groups is 2. The van der Waals surface area contributed by atoms with Crippen LogP contribution in [0.3, 0.4) is 0 Å². The van der Waals surface area contributed by atoms with Crippen molar-refractivity contribution in [1.29, 1.82) is 0 Å². The summed E-state index contributed by atoms with van der Waals surface area (Å²) in [5.41, 5.74) is 0. The van der Waals surface area contributed by atoms with Crippen LogP contribution in [0.2, 0.25) is 0 Å². The molecular weight excluding hydrogens is 376 g/mol. The number of hydrogen-bond donors (Lipinski definition) is 2. The van der Waals surface area contributed by atoms with Gasteiger partial charge in [0, 0.05) is 12.8 Å². The van der Waals surface area contributed by atoms with Gasteiger partial charge in [0.1, 0.15) is 13.2 Å². The third-order valence-electron chi connectivity index (χ3n) is 1.75. The minimum atomic E-state index is -0.153. The Labute approximate surface area is 162 Å². The van der Waals surface area contributed by atoms with Crippen LogP contribution in [0.5, 0.6) is 0 Å². The summed E-state index contributed by atoms with van der Waals surface area (Å²) in [7, 11) is 0. The summed E-state index contributed by atoms with van der Waals surface area (Å²) in [6.07, 6.45) is 8.18. The monoisotopic (exact) mass is 400 g/mol. The fourth-order valence-electron chi connectivity index (χ4n) is 0.861. The van der Waals surface area contributed by atoms with E-state index in [4.69, 9.17) is 10.2 Å². The minimum Gasteiger partial charge on any atom is -0.384 e. The van der Waals surface area contributed by atoms with Crippen LogP contribution < -0.4 is 0 Å². The van der Waals surface area contributed by atoms with Gasteiger partial charge in [0.15, 0.2) is 0 Å². The Morgan fingerprint density at radius 2 is 1.00 bits per heavy atom. The molecule has 0 saturated heterocycles. The van der Waals surface area contributed by atoms with Crippen molar-refractivity contribution in [2.24, 2.45) is 0 Å². The SMILES string of the molecule is C#CCO.CCC#CCC#CCBr.CCC#CCC#CCC#CCO. The van der Waals surface area contributed by atoms with E-state index in [0.717, 1.165) is 18.2 Å². The molecule has 0 spiro atoms. The van der Waals surface area contributed by atoms with Crippen LogP contribution >= 0.6 is 15.9 Å². The predicted octanol–water partition coefficient (Wildman–Crippen LogP) is 2.98. The molecule has 0 bridgehead atoms. The molecule has 0 aliphatic heterocycles. The van der Waals surface area contributed by atoms with Crippen LogP contribution in [-0.2, 0) is 0 Å². The van der Waals surface area contributed by atoms with Gasteiger partial charge >= 0.3 is 0 Å². The van der Waals surface area contributed by atoms with E-state index >= 15 is 0 Å². The van der Waals surface area contributed by atoms with Gasteiger partial charge in [-0.2, -0.15) is 0 Å². The van der Waals surface area contributed by atoms with Gasteiger partial charge in [0.2, 0.25) is 0 Å². The second-order valence-electron chi connectivity index (χ2n) is 3.66. The van der Waals surface area contributed by atoms with Crippen LogP contribution in [0.15, 0.2) is 0 Å². The Bertz CT molecular complexity index is 581. The van der Waals surface area contributed by atoms with E-state index < -0.39 is 0 Å². The summed E-state index contributed by atoms with van der Waals surface area (Å²) in [6, 6.07) is 0. The first kappa shape index (κ1) is 27.6. The van der Waals surface area contributed by atoms with Gasteiger partial charge < -0.3 is 10.2 Å². The lowest BCUT2D eigenvalue weighted by Crippen LogP contribution is -1.70. The van der Waals surface area contributed by atoms with Crippen LogP contribution in [0.4, 0.5) is 0 Å². The summed E-state index contributed by atoms with van der Waals surface area (Å²) >= 11 is 3.20. The summed E-state index contributed by atoms with van der Waals surface area (Å²) in [5.74, 6) is 30.4. The summed E-state index contributed by atoms with van der Waals surface area (Å²) < 4.78 is 0. The predicted molar refractivity (Wildman–Crippen MR) is 110 cm³/mol. The minimum absolute atomic E-state index is 0.0860. The van der Waals surface area contributed by atoms with E-state index in [-0.39, 0.29) is 13.2 Å². The lowest BCUT2D eigenvalue weighted by atomic mass is 10.3. The highest BCUT2D eigenvalue weighted by molar-refractivity contribution is 9.09. The normalized spacial score (nSPS) is 6.24. The number of aliphatic hydroxyl groups excluding tert-OH is 2. The zero-order chi connectivity index (χ0) is 19.4. The number of halogens is 1. The average molecular weight is 401 g/mol. The van der Waals surface area contributed by atoms with Crippen molar-refractivity contribution in [3.63, 3.8) is 0 Å². The lowest BCUT2D eigenvalue weighted by Gasteiger charge is -1.72. The van der Waals surface area contributed by atoms with Gasteiger partial charge in [0.25, 0.3) is 0 Å². The molecule has 0 unspecified atom stereocenters. The standard InChI is InChI=1S/C11H12O.C8H9Br.C3H4O/c1-2-3-4-5-6-7-8-9-10-11-12;1-2-3-4-5-6-7-8-9;1-2-3-4/h12H,2,5,8,11H2,1H3;2,5,8H2,1H3;1,4H,3H2. The molecule has 0 saturated carbocycles. The fraction of sp³-hybridized carbons (Fsp3) is 0.455. The quantitative estimate of drug-likeness (QED) is 0.484. The molecular formula is C22H25BrO2. The van der Waals surface area contributed by atoms with Crippen LogP contribution in [-0.4, -0.2) is 28.8 Å². The van der Waals surface area contributed by atoms with Crippen molar-refractivity contribution in [2.75, 3.05) is 18.5 Å². The molecule has 0 aromatic heterocycles. The zero-order valence-electron chi connectivity index (χ0n) is 15.0. The van der Waals surface area contributed by atoms with Crippen LogP contribution in [0.25, 0.3) is 0 Å². The average Bonchev–Trinajstić information content (AvgIpc) is 2.65. The zero-order valence-corrected chi connectivity index (χ0v) is 16.6. The first-order chi connectivity index (χ1) is 12.2. The van der Waals surface area contributed by atoms with Crippen molar-refractivity contribution in [2.45, 2.75) is 46.0 Å². The van der Waals surface area contributed by atoms with Gasteiger partial charge in [0.05, 0.1) is 24.6 Å². The van der Waals surface area contributed by atoms with E-state index in [1.165, 1.54) is 0 Å². The molecule has 0 atom stereocenters. The molecule has 0 aromatic carbocycles. The number of rotatable bonds is 0. The largest absolute Gasteiger partial charge is 0.384 e. The first-order valence-corrected chi connectivity index (χ1v) is 8.86. The van der Waals surface area contributed by atoms with E-state index in [1.54, 1.807) is 0 Å². The summed E-state index contributed by atoms with van der Waals surface area (Å²) in [4.78, 5) is 0. The summed E-state index contributed by atoms with van der Waals surface area (Å²) in [6.45, 7) is 3.80. The fourth-order valence-corrected chi connectivity index (χ4v) is 1.06. The molecule has 0 aromatic rings. The maximum atomic E-state index is 8.29. The Hall–Kier alpha value is -2.24. The number of hydrogen-bond acceptors (Lipinski definition) is 2. The maximum Gasteiger partial charge on any atom is 0.104 e. The molecule has 0 amide bonds. The lowest BCUT2D eigenvalue weighted by molar-refractivity contribution is 0.350. The third-order valence-corrected chi connectivity index (χ3v) is 2.03. The van der Waals surface area contributed by atoms with Gasteiger partial charge in [-0.1, -0.05) is 83.1 Å². The Morgan fingerprint density at radius 3 is 1.32 bits per heavy atom. The molecule has 3 heteroatoms. The van der Waals surface area contributed by atoms with Gasteiger partial charge in [-0.05, 0) is 0 Å². The molecule has 0 fully saturated rings. The van der Waals surface area contributed by atoms with Crippen molar-refractivity contribution >= 4 is 15.9 Å². The van der Waals surface area contributed by atoms with Crippen molar-refractivity contribution in [1.82, 2.24) is 0 Å². The highest BCUT2D eigenvalue weighted by Gasteiger charge is 1.67. The van der Waals surface area contributed by atoms with E-state index in [2.05, 4.69) is 81.6 Å². The summed E-state index contributed by atoms with van der Waals surface area (Å²) in [5, 5.41) is 16.7. The van der Waals surface area contributed by atoms with Crippen molar-refractivity contribution in [3.05, 3.63) is 0 Å². The highest BCUT2D eigenvalue weighted by Crippen LogP contribution is 1.77.